The number of rotatable bonds is 7. The van der Waals surface area contributed by atoms with Crippen LogP contribution >= 0.6 is 0 Å². The highest BCUT2D eigenvalue weighted by Gasteiger charge is 2.18. The maximum Gasteiger partial charge on any atom is 0.331 e. The number of ether oxygens (including phenoxy) is 4. The molecule has 29 heavy (non-hydrogen) atoms. The lowest BCUT2D eigenvalue weighted by atomic mass is 10.1. The number of anilines is 1. The number of fused-ring (bicyclic) bond motifs is 1. The SMILES string of the molecule is CCN(C(=O)COC(=O)/C=C/c1cc(OC)c2c(c1)OCCO2)c1ccccc1. The third-order valence-corrected chi connectivity index (χ3v) is 4.29. The molecule has 2 aromatic carbocycles. The number of hydrogen-bond acceptors (Lipinski definition) is 6. The molecule has 0 spiro atoms. The van der Waals surface area contributed by atoms with Crippen molar-refractivity contribution in [2.45, 2.75) is 6.92 Å². The summed E-state index contributed by atoms with van der Waals surface area (Å²) in [4.78, 5) is 26.0. The molecule has 0 aliphatic carbocycles. The lowest BCUT2D eigenvalue weighted by Crippen LogP contribution is -2.34. The number of amides is 1. The van der Waals surface area contributed by atoms with Gasteiger partial charge in [0.15, 0.2) is 18.1 Å². The molecule has 0 aromatic heterocycles. The minimum absolute atomic E-state index is 0.290. The van der Waals surface area contributed by atoms with Crippen LogP contribution in [0.25, 0.3) is 6.08 Å². The van der Waals surface area contributed by atoms with Crippen molar-refractivity contribution in [2.75, 3.05) is 38.4 Å². The maximum absolute atomic E-state index is 12.4. The second-order valence-corrected chi connectivity index (χ2v) is 6.16. The van der Waals surface area contributed by atoms with Crippen LogP contribution < -0.4 is 19.1 Å². The van der Waals surface area contributed by atoms with E-state index < -0.39 is 5.97 Å². The van der Waals surface area contributed by atoms with Crippen molar-refractivity contribution < 1.29 is 28.5 Å². The van der Waals surface area contributed by atoms with Gasteiger partial charge < -0.3 is 23.8 Å². The van der Waals surface area contributed by atoms with Crippen LogP contribution in [0.15, 0.2) is 48.5 Å². The van der Waals surface area contributed by atoms with E-state index in [4.69, 9.17) is 18.9 Å². The van der Waals surface area contributed by atoms with Gasteiger partial charge in [-0.25, -0.2) is 4.79 Å². The fraction of sp³-hybridized carbons (Fsp3) is 0.273. The molecular formula is C22H23NO6. The Balaban J connectivity index is 1.60. The predicted octanol–water partition coefficient (Wildman–Crippen LogP) is 3.08. The van der Waals surface area contributed by atoms with Gasteiger partial charge >= 0.3 is 5.97 Å². The van der Waals surface area contributed by atoms with Gasteiger partial charge in [0, 0.05) is 18.3 Å². The number of methoxy groups -OCH3 is 1. The summed E-state index contributed by atoms with van der Waals surface area (Å²) >= 11 is 0. The van der Waals surface area contributed by atoms with Crippen molar-refractivity contribution in [3.8, 4) is 17.2 Å². The average molecular weight is 397 g/mol. The van der Waals surface area contributed by atoms with E-state index in [1.165, 1.54) is 13.2 Å². The molecule has 1 aliphatic rings. The van der Waals surface area contributed by atoms with E-state index in [9.17, 15) is 9.59 Å². The molecule has 0 bridgehead atoms. The van der Waals surface area contributed by atoms with Crippen LogP contribution in [0.2, 0.25) is 0 Å². The van der Waals surface area contributed by atoms with Crippen LogP contribution in [0, 0.1) is 0 Å². The first-order valence-electron chi connectivity index (χ1n) is 9.30. The molecule has 7 nitrogen and oxygen atoms in total. The summed E-state index contributed by atoms with van der Waals surface area (Å²) in [6, 6.07) is 12.7. The van der Waals surface area contributed by atoms with Crippen molar-refractivity contribution in [1.82, 2.24) is 0 Å². The third kappa shape index (κ3) is 5.07. The molecule has 0 N–H and O–H groups in total. The monoisotopic (exact) mass is 397 g/mol. The zero-order valence-corrected chi connectivity index (χ0v) is 16.4. The van der Waals surface area contributed by atoms with E-state index in [0.29, 0.717) is 42.6 Å². The first-order chi connectivity index (χ1) is 14.1. The fourth-order valence-electron chi connectivity index (χ4n) is 2.92. The van der Waals surface area contributed by atoms with E-state index in [-0.39, 0.29) is 12.5 Å². The molecule has 1 amide bonds. The maximum atomic E-state index is 12.4. The van der Waals surface area contributed by atoms with E-state index in [0.717, 1.165) is 5.69 Å². The van der Waals surface area contributed by atoms with Crippen molar-refractivity contribution in [2.24, 2.45) is 0 Å². The molecule has 3 rings (SSSR count). The molecule has 0 saturated heterocycles. The second kappa shape index (κ2) is 9.64. The van der Waals surface area contributed by atoms with Gasteiger partial charge in [0.1, 0.15) is 13.2 Å². The minimum Gasteiger partial charge on any atom is -0.493 e. The van der Waals surface area contributed by atoms with Gasteiger partial charge in [-0.1, -0.05) is 18.2 Å². The van der Waals surface area contributed by atoms with Crippen LogP contribution in [0.3, 0.4) is 0 Å². The Morgan fingerprint density at radius 2 is 1.90 bits per heavy atom. The lowest BCUT2D eigenvalue weighted by molar-refractivity contribution is -0.142. The molecule has 2 aromatic rings. The van der Waals surface area contributed by atoms with Gasteiger partial charge in [0.25, 0.3) is 5.91 Å². The summed E-state index contributed by atoms with van der Waals surface area (Å²) in [5, 5.41) is 0. The molecule has 0 atom stereocenters. The number of likely N-dealkylation sites (N-methyl/N-ethyl adjacent to an activating group) is 1. The Labute approximate surface area is 169 Å². The molecule has 1 heterocycles. The zero-order valence-electron chi connectivity index (χ0n) is 16.4. The van der Waals surface area contributed by atoms with Crippen LogP contribution in [0.4, 0.5) is 5.69 Å². The molecular weight excluding hydrogens is 374 g/mol. The summed E-state index contributed by atoms with van der Waals surface area (Å²) in [7, 11) is 1.53. The normalized spacial score (nSPS) is 12.5. The summed E-state index contributed by atoms with van der Waals surface area (Å²) < 4.78 is 21.5. The van der Waals surface area contributed by atoms with Crippen molar-refractivity contribution in [3.05, 3.63) is 54.1 Å². The van der Waals surface area contributed by atoms with Crippen molar-refractivity contribution >= 4 is 23.6 Å². The van der Waals surface area contributed by atoms with Crippen LogP contribution in [0.5, 0.6) is 17.2 Å². The Bertz CT molecular complexity index is 876. The molecule has 7 heteroatoms. The van der Waals surface area contributed by atoms with E-state index in [1.54, 1.807) is 23.1 Å². The molecule has 0 fully saturated rings. The largest absolute Gasteiger partial charge is 0.493 e. The highest BCUT2D eigenvalue weighted by molar-refractivity contribution is 5.96. The van der Waals surface area contributed by atoms with E-state index in [2.05, 4.69) is 0 Å². The Morgan fingerprint density at radius 1 is 1.14 bits per heavy atom. The summed E-state index contributed by atoms with van der Waals surface area (Å²) in [6.07, 6.45) is 2.83. The number of esters is 1. The second-order valence-electron chi connectivity index (χ2n) is 6.16. The smallest absolute Gasteiger partial charge is 0.331 e. The van der Waals surface area contributed by atoms with Crippen molar-refractivity contribution in [1.29, 1.82) is 0 Å². The number of carbonyl (C=O) groups excluding carboxylic acids is 2. The van der Waals surface area contributed by atoms with Crippen LogP contribution in [-0.4, -0.2) is 45.4 Å². The summed E-state index contributed by atoms with van der Waals surface area (Å²) in [5.74, 6) is 0.717. The number of para-hydroxylation sites is 1. The molecule has 1 aliphatic heterocycles. The number of benzene rings is 2. The fourth-order valence-corrected chi connectivity index (χ4v) is 2.92. The standard InChI is InChI=1S/C22H23NO6/c1-3-23(17-7-5-4-6-8-17)20(24)15-29-21(25)10-9-16-13-18(26-2)22-19(14-16)27-11-12-28-22/h4-10,13-14H,3,11-12,15H2,1-2H3/b10-9+. The van der Waals surface area contributed by atoms with E-state index >= 15 is 0 Å². The lowest BCUT2D eigenvalue weighted by Gasteiger charge is -2.21. The van der Waals surface area contributed by atoms with Crippen LogP contribution in [0.1, 0.15) is 12.5 Å². The minimum atomic E-state index is -0.615. The van der Waals surface area contributed by atoms with Gasteiger partial charge in [0.2, 0.25) is 5.75 Å². The van der Waals surface area contributed by atoms with Crippen LogP contribution in [-0.2, 0) is 14.3 Å². The number of nitrogens with zero attached hydrogens (tertiary/aromatic N) is 1. The Hall–Kier alpha value is -3.48. The predicted molar refractivity (Wildman–Crippen MR) is 108 cm³/mol. The highest BCUT2D eigenvalue weighted by Crippen LogP contribution is 2.40. The van der Waals surface area contributed by atoms with Gasteiger partial charge in [-0.3, -0.25) is 4.79 Å². The number of hydrogen-bond donors (Lipinski definition) is 0. The molecule has 152 valence electrons. The average Bonchev–Trinajstić information content (AvgIpc) is 2.76. The van der Waals surface area contributed by atoms with Gasteiger partial charge in [-0.2, -0.15) is 0 Å². The summed E-state index contributed by atoms with van der Waals surface area (Å²) in [5.41, 5.74) is 1.45. The quantitative estimate of drug-likeness (QED) is 0.528. The van der Waals surface area contributed by atoms with Crippen molar-refractivity contribution in [3.63, 3.8) is 0 Å². The van der Waals surface area contributed by atoms with Gasteiger partial charge in [-0.15, -0.1) is 0 Å². The molecule has 0 radical (unpaired) electrons. The first kappa shape index (κ1) is 20.3. The highest BCUT2D eigenvalue weighted by atomic mass is 16.6. The molecule has 0 unspecified atom stereocenters. The van der Waals surface area contributed by atoms with Gasteiger partial charge in [0.05, 0.1) is 7.11 Å². The Morgan fingerprint density at radius 3 is 2.62 bits per heavy atom. The van der Waals surface area contributed by atoms with E-state index in [1.807, 2.05) is 37.3 Å². The first-order valence-corrected chi connectivity index (χ1v) is 9.30. The Kier molecular flexibility index (Phi) is 6.73. The topological polar surface area (TPSA) is 74.3 Å². The molecule has 0 saturated carbocycles. The summed E-state index contributed by atoms with van der Waals surface area (Å²) in [6.45, 7) is 2.91. The number of carbonyl (C=O) groups is 2. The third-order valence-electron chi connectivity index (χ3n) is 4.29. The van der Waals surface area contributed by atoms with Gasteiger partial charge in [-0.05, 0) is 42.8 Å². The zero-order chi connectivity index (χ0) is 20.6.